The van der Waals surface area contributed by atoms with Crippen LogP contribution in [0.4, 0.5) is 0 Å². The number of piperidine rings is 1. The van der Waals surface area contributed by atoms with Gasteiger partial charge in [-0.3, -0.25) is 0 Å². The molecule has 0 radical (unpaired) electrons. The van der Waals surface area contributed by atoms with Crippen molar-refractivity contribution in [2.24, 2.45) is 0 Å². The molecular formula is C16H18ClN3. The molecule has 2 unspecified atom stereocenters. The van der Waals surface area contributed by atoms with Gasteiger partial charge < -0.3 is 9.88 Å². The van der Waals surface area contributed by atoms with Crippen molar-refractivity contribution in [3.8, 4) is 11.3 Å². The van der Waals surface area contributed by atoms with Crippen LogP contribution in [0, 0.1) is 0 Å². The number of fused-ring (bicyclic) bond motifs is 2. The number of benzene rings is 1. The van der Waals surface area contributed by atoms with Crippen LogP contribution in [-0.4, -0.2) is 21.6 Å². The van der Waals surface area contributed by atoms with Crippen molar-refractivity contribution in [3.05, 3.63) is 41.8 Å². The fourth-order valence-corrected chi connectivity index (χ4v) is 3.91. The topological polar surface area (TPSA) is 29.9 Å². The minimum absolute atomic E-state index is 0.560. The van der Waals surface area contributed by atoms with Gasteiger partial charge in [0.1, 0.15) is 0 Å². The summed E-state index contributed by atoms with van der Waals surface area (Å²) in [6.45, 7) is 0. The van der Waals surface area contributed by atoms with E-state index in [0.717, 1.165) is 10.6 Å². The fourth-order valence-electron chi connectivity index (χ4n) is 3.72. The number of nitrogens with zero attached hydrogens (tertiary/aromatic N) is 2. The molecule has 2 aliphatic heterocycles. The summed E-state index contributed by atoms with van der Waals surface area (Å²) in [6.07, 6.45) is 8.99. The quantitative estimate of drug-likeness (QED) is 0.913. The van der Waals surface area contributed by atoms with E-state index in [0.29, 0.717) is 18.1 Å². The molecule has 2 bridgehead atoms. The van der Waals surface area contributed by atoms with Crippen molar-refractivity contribution in [3.63, 3.8) is 0 Å². The van der Waals surface area contributed by atoms with Gasteiger partial charge in [-0.15, -0.1) is 0 Å². The Labute approximate surface area is 124 Å². The van der Waals surface area contributed by atoms with Gasteiger partial charge in [0.25, 0.3) is 0 Å². The van der Waals surface area contributed by atoms with Gasteiger partial charge in [0.2, 0.25) is 0 Å². The Kier molecular flexibility index (Phi) is 3.04. The summed E-state index contributed by atoms with van der Waals surface area (Å²) >= 11 is 6.12. The number of hydrogen-bond acceptors (Lipinski definition) is 2. The molecule has 4 heteroatoms. The van der Waals surface area contributed by atoms with Crippen LogP contribution in [0.1, 0.15) is 31.7 Å². The number of imidazole rings is 1. The fraction of sp³-hybridized carbons (Fsp3) is 0.438. The molecule has 3 heterocycles. The number of rotatable bonds is 2. The van der Waals surface area contributed by atoms with Gasteiger partial charge in [-0.05, 0) is 37.8 Å². The maximum absolute atomic E-state index is 6.12. The smallest absolute Gasteiger partial charge is 0.0953 e. The van der Waals surface area contributed by atoms with Crippen molar-refractivity contribution < 1.29 is 0 Å². The van der Waals surface area contributed by atoms with Crippen LogP contribution in [0.3, 0.4) is 0 Å². The zero-order valence-corrected chi connectivity index (χ0v) is 12.1. The molecule has 2 saturated heterocycles. The molecule has 2 aliphatic rings. The molecule has 2 fully saturated rings. The van der Waals surface area contributed by atoms with Crippen LogP contribution >= 0.6 is 11.6 Å². The van der Waals surface area contributed by atoms with Crippen LogP contribution in [0.5, 0.6) is 0 Å². The minimum Gasteiger partial charge on any atom is -0.327 e. The third kappa shape index (κ3) is 2.15. The summed E-state index contributed by atoms with van der Waals surface area (Å²) in [7, 11) is 0. The standard InChI is InChI=1S/C16H18ClN3/c17-12-3-1-2-11(6-12)16-9-18-10-20(16)15-7-13-4-5-14(8-15)19-13/h1-3,6,9-10,13-15,19H,4-5,7-8H2. The van der Waals surface area contributed by atoms with Gasteiger partial charge in [0.05, 0.1) is 18.2 Å². The van der Waals surface area contributed by atoms with Gasteiger partial charge >= 0.3 is 0 Å². The van der Waals surface area contributed by atoms with Gasteiger partial charge in [0, 0.05) is 28.7 Å². The Morgan fingerprint density at radius 2 is 2.00 bits per heavy atom. The SMILES string of the molecule is Clc1cccc(-c2cncn2C2CC3CCC(C2)N3)c1. The predicted molar refractivity (Wildman–Crippen MR) is 80.9 cm³/mol. The summed E-state index contributed by atoms with van der Waals surface area (Å²) in [6, 6.07) is 9.98. The normalized spacial score (nSPS) is 28.8. The van der Waals surface area contributed by atoms with Crippen molar-refractivity contribution in [1.82, 2.24) is 14.9 Å². The average Bonchev–Trinajstić information content (AvgIpc) is 3.05. The van der Waals surface area contributed by atoms with E-state index >= 15 is 0 Å². The molecule has 2 atom stereocenters. The van der Waals surface area contributed by atoms with E-state index in [-0.39, 0.29) is 0 Å². The van der Waals surface area contributed by atoms with Crippen molar-refractivity contribution in [1.29, 1.82) is 0 Å². The van der Waals surface area contributed by atoms with Crippen molar-refractivity contribution in [2.45, 2.75) is 43.8 Å². The molecule has 2 aromatic rings. The average molecular weight is 288 g/mol. The second kappa shape index (κ2) is 4.90. The Bertz CT molecular complexity index is 610. The number of halogens is 1. The highest BCUT2D eigenvalue weighted by molar-refractivity contribution is 6.30. The van der Waals surface area contributed by atoms with E-state index in [1.807, 2.05) is 30.7 Å². The summed E-state index contributed by atoms with van der Waals surface area (Å²) in [4.78, 5) is 4.37. The third-order valence-electron chi connectivity index (χ3n) is 4.63. The molecule has 0 saturated carbocycles. The number of hydrogen-bond donors (Lipinski definition) is 1. The third-order valence-corrected chi connectivity index (χ3v) is 4.86. The first-order valence-electron chi connectivity index (χ1n) is 7.33. The highest BCUT2D eigenvalue weighted by Crippen LogP contribution is 2.36. The van der Waals surface area contributed by atoms with Gasteiger partial charge in [-0.2, -0.15) is 0 Å². The lowest BCUT2D eigenvalue weighted by atomic mass is 9.99. The first kappa shape index (κ1) is 12.4. The minimum atomic E-state index is 0.560. The maximum Gasteiger partial charge on any atom is 0.0953 e. The highest BCUT2D eigenvalue weighted by atomic mass is 35.5. The van der Waals surface area contributed by atoms with E-state index in [9.17, 15) is 0 Å². The zero-order chi connectivity index (χ0) is 13.5. The molecule has 0 aliphatic carbocycles. The second-order valence-electron chi connectivity index (χ2n) is 5.96. The first-order chi connectivity index (χ1) is 9.79. The first-order valence-corrected chi connectivity index (χ1v) is 7.71. The molecule has 1 N–H and O–H groups in total. The van der Waals surface area contributed by atoms with Crippen LogP contribution in [0.15, 0.2) is 36.8 Å². The predicted octanol–water partition coefficient (Wildman–Crippen LogP) is 3.66. The van der Waals surface area contributed by atoms with E-state index in [1.165, 1.54) is 31.4 Å². The van der Waals surface area contributed by atoms with E-state index in [4.69, 9.17) is 11.6 Å². The monoisotopic (exact) mass is 287 g/mol. The molecule has 4 rings (SSSR count). The highest BCUT2D eigenvalue weighted by Gasteiger charge is 2.34. The Morgan fingerprint density at radius 3 is 2.75 bits per heavy atom. The lowest BCUT2D eigenvalue weighted by molar-refractivity contribution is 0.300. The largest absolute Gasteiger partial charge is 0.327 e. The second-order valence-corrected chi connectivity index (χ2v) is 6.40. The Hall–Kier alpha value is -1.32. The summed E-state index contributed by atoms with van der Waals surface area (Å²) in [5.41, 5.74) is 2.33. The van der Waals surface area contributed by atoms with Crippen LogP contribution in [0.25, 0.3) is 11.3 Å². The van der Waals surface area contributed by atoms with Crippen LogP contribution in [0.2, 0.25) is 5.02 Å². The van der Waals surface area contributed by atoms with Gasteiger partial charge in [-0.1, -0.05) is 23.7 Å². The van der Waals surface area contributed by atoms with Crippen LogP contribution < -0.4 is 5.32 Å². The lowest BCUT2D eigenvalue weighted by Crippen LogP contribution is -2.38. The van der Waals surface area contributed by atoms with E-state index in [2.05, 4.69) is 20.9 Å². The molecule has 1 aromatic heterocycles. The van der Waals surface area contributed by atoms with E-state index < -0.39 is 0 Å². The molecular weight excluding hydrogens is 270 g/mol. The maximum atomic E-state index is 6.12. The van der Waals surface area contributed by atoms with Crippen molar-refractivity contribution >= 4 is 11.6 Å². The molecule has 3 nitrogen and oxygen atoms in total. The number of aromatic nitrogens is 2. The molecule has 104 valence electrons. The molecule has 20 heavy (non-hydrogen) atoms. The summed E-state index contributed by atoms with van der Waals surface area (Å²) in [5, 5.41) is 4.47. The van der Waals surface area contributed by atoms with Crippen LogP contribution in [-0.2, 0) is 0 Å². The van der Waals surface area contributed by atoms with Gasteiger partial charge in [-0.25, -0.2) is 4.98 Å². The summed E-state index contributed by atoms with van der Waals surface area (Å²) < 4.78 is 2.35. The zero-order valence-electron chi connectivity index (χ0n) is 11.3. The molecule has 0 spiro atoms. The lowest BCUT2D eigenvalue weighted by Gasteiger charge is -2.31. The number of nitrogens with one attached hydrogen (secondary N) is 1. The Morgan fingerprint density at radius 1 is 1.20 bits per heavy atom. The Balaban J connectivity index is 1.68. The molecule has 0 amide bonds. The van der Waals surface area contributed by atoms with Crippen molar-refractivity contribution in [2.75, 3.05) is 0 Å². The molecule has 1 aromatic carbocycles. The van der Waals surface area contributed by atoms with E-state index in [1.54, 1.807) is 0 Å². The summed E-state index contributed by atoms with van der Waals surface area (Å²) in [5.74, 6) is 0. The van der Waals surface area contributed by atoms with Gasteiger partial charge in [0.15, 0.2) is 0 Å².